The van der Waals surface area contributed by atoms with Crippen molar-refractivity contribution in [3.63, 3.8) is 0 Å². The highest BCUT2D eigenvalue weighted by molar-refractivity contribution is 5.96. The predicted molar refractivity (Wildman–Crippen MR) is 112 cm³/mol. The van der Waals surface area contributed by atoms with Crippen molar-refractivity contribution in [3.05, 3.63) is 35.7 Å². The lowest BCUT2D eigenvalue weighted by Gasteiger charge is -2.36. The quantitative estimate of drug-likeness (QED) is 0.784. The van der Waals surface area contributed by atoms with Gasteiger partial charge in [0.2, 0.25) is 11.8 Å². The molecule has 0 bridgehead atoms. The Bertz CT molecular complexity index is 860. The fourth-order valence-corrected chi connectivity index (χ4v) is 3.96. The summed E-state index contributed by atoms with van der Waals surface area (Å²) in [5.41, 5.74) is 1.49. The number of aromatic nitrogens is 3. The molecule has 8 nitrogen and oxygen atoms in total. The van der Waals surface area contributed by atoms with Crippen LogP contribution >= 0.6 is 0 Å². The van der Waals surface area contributed by atoms with E-state index in [4.69, 9.17) is 9.72 Å². The molecule has 1 amide bonds. The molecule has 4 rings (SSSR count). The van der Waals surface area contributed by atoms with E-state index in [1.165, 1.54) is 26.4 Å². The molecule has 29 heavy (non-hydrogen) atoms. The molecule has 0 atom stereocenters. The molecule has 0 radical (unpaired) electrons. The summed E-state index contributed by atoms with van der Waals surface area (Å²) in [6, 6.07) is 5.56. The van der Waals surface area contributed by atoms with Gasteiger partial charge in [0.05, 0.1) is 7.11 Å². The van der Waals surface area contributed by atoms with Gasteiger partial charge in [0.15, 0.2) is 0 Å². The number of carbonyl (C=O) groups is 1. The summed E-state index contributed by atoms with van der Waals surface area (Å²) in [7, 11) is 1.54. The zero-order valence-electron chi connectivity index (χ0n) is 17.2. The lowest BCUT2D eigenvalue weighted by Crippen LogP contribution is -2.49. The maximum Gasteiger partial charge on any atom is 0.259 e. The number of nitrogens with zero attached hydrogens (tertiary/aromatic N) is 6. The molecule has 154 valence electrons. The first kappa shape index (κ1) is 19.4. The lowest BCUT2D eigenvalue weighted by molar-refractivity contribution is 0.0742. The predicted octanol–water partition coefficient (Wildman–Crippen LogP) is 2.14. The van der Waals surface area contributed by atoms with E-state index in [0.29, 0.717) is 24.5 Å². The number of carbonyl (C=O) groups excluding carboxylic acids is 1. The number of piperazine rings is 1. The van der Waals surface area contributed by atoms with Gasteiger partial charge in [-0.25, -0.2) is 9.97 Å². The molecule has 0 unspecified atom stereocenters. The Labute approximate surface area is 171 Å². The van der Waals surface area contributed by atoms with Gasteiger partial charge in [-0.15, -0.1) is 0 Å². The van der Waals surface area contributed by atoms with Crippen molar-refractivity contribution in [2.75, 3.05) is 56.2 Å². The second-order valence-electron chi connectivity index (χ2n) is 7.55. The molecule has 2 aromatic rings. The van der Waals surface area contributed by atoms with Gasteiger partial charge < -0.3 is 19.4 Å². The molecule has 0 N–H and O–H groups in total. The van der Waals surface area contributed by atoms with E-state index in [0.717, 1.165) is 43.6 Å². The minimum atomic E-state index is -0.0394. The third-order valence-electron chi connectivity index (χ3n) is 5.55. The van der Waals surface area contributed by atoms with Crippen molar-refractivity contribution < 1.29 is 9.53 Å². The van der Waals surface area contributed by atoms with Crippen LogP contribution in [0.3, 0.4) is 0 Å². The molecule has 2 aliphatic rings. The summed E-state index contributed by atoms with van der Waals surface area (Å²) >= 11 is 0. The van der Waals surface area contributed by atoms with Crippen LogP contribution in [-0.4, -0.2) is 72.1 Å². The second kappa shape index (κ2) is 8.63. The maximum absolute atomic E-state index is 12.9. The first-order valence-electron chi connectivity index (χ1n) is 10.3. The van der Waals surface area contributed by atoms with Crippen LogP contribution in [0.4, 0.5) is 11.8 Å². The largest absolute Gasteiger partial charge is 0.480 e. The van der Waals surface area contributed by atoms with Crippen LogP contribution in [0, 0.1) is 6.92 Å². The smallest absolute Gasteiger partial charge is 0.259 e. The van der Waals surface area contributed by atoms with Crippen LogP contribution < -0.4 is 14.5 Å². The highest BCUT2D eigenvalue weighted by Gasteiger charge is 2.26. The number of pyridine rings is 1. The van der Waals surface area contributed by atoms with Crippen molar-refractivity contribution in [3.8, 4) is 5.88 Å². The molecule has 2 saturated heterocycles. The van der Waals surface area contributed by atoms with Crippen LogP contribution in [0.5, 0.6) is 5.88 Å². The van der Waals surface area contributed by atoms with Gasteiger partial charge >= 0.3 is 0 Å². The molecule has 2 fully saturated rings. The highest BCUT2D eigenvalue weighted by Crippen LogP contribution is 2.23. The first-order chi connectivity index (χ1) is 14.2. The van der Waals surface area contributed by atoms with Gasteiger partial charge in [0.1, 0.15) is 11.4 Å². The van der Waals surface area contributed by atoms with E-state index < -0.39 is 0 Å². The zero-order valence-corrected chi connectivity index (χ0v) is 17.2. The first-order valence-corrected chi connectivity index (χ1v) is 10.3. The summed E-state index contributed by atoms with van der Waals surface area (Å²) in [5, 5.41) is 0. The Hall–Kier alpha value is -2.90. The van der Waals surface area contributed by atoms with Gasteiger partial charge in [-0.3, -0.25) is 4.79 Å². The number of rotatable bonds is 4. The number of aryl methyl sites for hydroxylation is 1. The number of ether oxygens (including phenoxy) is 1. The molecule has 2 aliphatic heterocycles. The summed E-state index contributed by atoms with van der Waals surface area (Å²) < 4.78 is 5.24. The Morgan fingerprint density at radius 1 is 1.00 bits per heavy atom. The Kier molecular flexibility index (Phi) is 5.78. The SMILES string of the molecule is COc1ncccc1C(=O)N1CCN(c2cc(C)nc(N3CCCCC3)n2)CC1. The average Bonchev–Trinajstić information content (AvgIpc) is 2.79. The van der Waals surface area contributed by atoms with Crippen LogP contribution in [-0.2, 0) is 0 Å². The van der Waals surface area contributed by atoms with E-state index in [2.05, 4.69) is 19.8 Å². The number of methoxy groups -OCH3 is 1. The monoisotopic (exact) mass is 396 g/mol. The molecule has 8 heteroatoms. The topological polar surface area (TPSA) is 74.7 Å². The molecule has 0 aromatic carbocycles. The third-order valence-corrected chi connectivity index (χ3v) is 5.55. The highest BCUT2D eigenvalue weighted by atomic mass is 16.5. The van der Waals surface area contributed by atoms with Gasteiger partial charge in [-0.1, -0.05) is 0 Å². The third kappa shape index (κ3) is 4.26. The van der Waals surface area contributed by atoms with E-state index in [1.807, 2.05) is 17.9 Å². The van der Waals surface area contributed by atoms with Gasteiger partial charge in [-0.05, 0) is 38.3 Å². The molecule has 0 saturated carbocycles. The maximum atomic E-state index is 12.9. The fourth-order valence-electron chi connectivity index (χ4n) is 3.96. The zero-order chi connectivity index (χ0) is 20.2. The number of piperidine rings is 1. The molecule has 2 aromatic heterocycles. The minimum absolute atomic E-state index is 0.0394. The summed E-state index contributed by atoms with van der Waals surface area (Å²) in [6.07, 6.45) is 5.31. The number of amides is 1. The normalized spacial score (nSPS) is 17.4. The van der Waals surface area contributed by atoms with Crippen LogP contribution in [0.25, 0.3) is 0 Å². The Balaban J connectivity index is 1.44. The van der Waals surface area contributed by atoms with E-state index in [1.54, 1.807) is 18.3 Å². The summed E-state index contributed by atoms with van der Waals surface area (Å²) in [5.74, 6) is 2.11. The second-order valence-corrected chi connectivity index (χ2v) is 7.55. The average molecular weight is 396 g/mol. The van der Waals surface area contributed by atoms with E-state index in [9.17, 15) is 4.79 Å². The summed E-state index contributed by atoms with van der Waals surface area (Å²) in [4.78, 5) is 32.9. The number of hydrogen-bond acceptors (Lipinski definition) is 7. The molecule has 0 aliphatic carbocycles. The van der Waals surface area contributed by atoms with Crippen LogP contribution in [0.15, 0.2) is 24.4 Å². The van der Waals surface area contributed by atoms with Gasteiger partial charge in [0.25, 0.3) is 5.91 Å². The van der Waals surface area contributed by atoms with Gasteiger partial charge in [-0.2, -0.15) is 4.98 Å². The van der Waals surface area contributed by atoms with Crippen molar-refractivity contribution in [2.24, 2.45) is 0 Å². The van der Waals surface area contributed by atoms with Gasteiger partial charge in [0, 0.05) is 57.2 Å². The van der Waals surface area contributed by atoms with E-state index >= 15 is 0 Å². The lowest BCUT2D eigenvalue weighted by atomic mass is 10.1. The number of hydrogen-bond donors (Lipinski definition) is 0. The van der Waals surface area contributed by atoms with E-state index in [-0.39, 0.29) is 5.91 Å². The Morgan fingerprint density at radius 3 is 2.48 bits per heavy atom. The molecule has 4 heterocycles. The minimum Gasteiger partial charge on any atom is -0.480 e. The van der Waals surface area contributed by atoms with Crippen molar-refractivity contribution in [1.29, 1.82) is 0 Å². The molecular weight excluding hydrogens is 368 g/mol. The van der Waals surface area contributed by atoms with Crippen molar-refractivity contribution >= 4 is 17.7 Å². The van der Waals surface area contributed by atoms with Crippen molar-refractivity contribution in [2.45, 2.75) is 26.2 Å². The Morgan fingerprint density at radius 2 is 1.76 bits per heavy atom. The van der Waals surface area contributed by atoms with Crippen LogP contribution in [0.2, 0.25) is 0 Å². The fraction of sp³-hybridized carbons (Fsp3) is 0.524. The summed E-state index contributed by atoms with van der Waals surface area (Å²) in [6.45, 7) is 6.83. The molecular formula is C21H28N6O2. The molecule has 0 spiro atoms. The standard InChI is InChI=1S/C21H28N6O2/c1-16-15-18(24-21(23-16)27-9-4-3-5-10-27)25-11-13-26(14-12-25)20(28)17-7-6-8-22-19(17)29-2/h6-8,15H,3-5,9-14H2,1-2H3. The van der Waals surface area contributed by atoms with Crippen LogP contribution in [0.1, 0.15) is 35.3 Å². The van der Waals surface area contributed by atoms with Crippen molar-refractivity contribution in [1.82, 2.24) is 19.9 Å². The number of anilines is 2.